The first-order chi connectivity index (χ1) is 23.2. The molecule has 0 saturated carbocycles. The Bertz CT molecular complexity index is 2320. The topological polar surface area (TPSA) is 106 Å². The number of carbonyl (C=O) groups excluding carboxylic acids is 1. The largest absolute Gasteiger partial charge is 0.497 e. The number of aryl methyl sites for hydroxylation is 2. The molecule has 48 heavy (non-hydrogen) atoms. The lowest BCUT2D eigenvalue weighted by atomic mass is 9.95. The maximum atomic E-state index is 14.2. The molecule has 1 aromatic heterocycles. The van der Waals surface area contributed by atoms with Crippen molar-refractivity contribution in [2.24, 2.45) is 4.99 Å². The van der Waals surface area contributed by atoms with Crippen LogP contribution in [0.25, 0.3) is 6.08 Å². The molecule has 0 fully saturated rings. The van der Waals surface area contributed by atoms with Gasteiger partial charge in [0.05, 0.1) is 45.1 Å². The van der Waals surface area contributed by atoms with E-state index < -0.39 is 6.04 Å². The van der Waals surface area contributed by atoms with E-state index in [1.165, 1.54) is 11.3 Å². The van der Waals surface area contributed by atoms with Crippen molar-refractivity contribution >= 4 is 44.9 Å². The second kappa shape index (κ2) is 13.9. The molecular formula is C38H31BrN4O4S. The number of nitrogens with zero attached hydrogens (tertiary/aromatic N) is 3. The van der Waals surface area contributed by atoms with Crippen molar-refractivity contribution < 1.29 is 14.3 Å². The molecule has 1 aliphatic heterocycles. The fourth-order valence-electron chi connectivity index (χ4n) is 5.64. The average Bonchev–Trinajstić information content (AvgIpc) is 3.38. The monoisotopic (exact) mass is 718 g/mol. The van der Waals surface area contributed by atoms with E-state index in [1.807, 2.05) is 98.8 Å². The highest BCUT2D eigenvalue weighted by atomic mass is 79.9. The summed E-state index contributed by atoms with van der Waals surface area (Å²) < 4.78 is 14.2. The number of allylic oxidation sites excluding steroid dienone is 1. The van der Waals surface area contributed by atoms with Gasteiger partial charge in [-0.15, -0.1) is 0 Å². The van der Waals surface area contributed by atoms with Gasteiger partial charge in [0.25, 0.3) is 11.5 Å². The third kappa shape index (κ3) is 6.61. The third-order valence-electron chi connectivity index (χ3n) is 8.10. The Morgan fingerprint density at radius 3 is 2.54 bits per heavy atom. The van der Waals surface area contributed by atoms with Gasteiger partial charge in [0.15, 0.2) is 4.80 Å². The van der Waals surface area contributed by atoms with Gasteiger partial charge in [-0.25, -0.2) is 4.99 Å². The number of nitriles is 1. The summed E-state index contributed by atoms with van der Waals surface area (Å²) in [6, 6.07) is 27.6. The van der Waals surface area contributed by atoms with Gasteiger partial charge in [0, 0.05) is 11.3 Å². The summed E-state index contributed by atoms with van der Waals surface area (Å²) in [6.07, 6.45) is 1.81. The zero-order valence-electron chi connectivity index (χ0n) is 26.7. The van der Waals surface area contributed by atoms with E-state index in [1.54, 1.807) is 24.7 Å². The van der Waals surface area contributed by atoms with Crippen LogP contribution in [0.15, 0.2) is 110 Å². The van der Waals surface area contributed by atoms with Crippen molar-refractivity contribution in [1.29, 1.82) is 5.26 Å². The highest BCUT2D eigenvalue weighted by Crippen LogP contribution is 2.32. The second-order valence-corrected chi connectivity index (χ2v) is 13.2. The number of fused-ring (bicyclic) bond motifs is 1. The summed E-state index contributed by atoms with van der Waals surface area (Å²) >= 11 is 4.87. The summed E-state index contributed by atoms with van der Waals surface area (Å²) in [5.74, 6) is 0.951. The molecule has 0 radical (unpaired) electrons. The smallest absolute Gasteiger partial charge is 0.271 e. The number of methoxy groups -OCH3 is 1. The Morgan fingerprint density at radius 2 is 1.83 bits per heavy atom. The molecule has 6 rings (SSSR count). The minimum absolute atomic E-state index is 0.240. The van der Waals surface area contributed by atoms with Crippen molar-refractivity contribution in [3.05, 3.63) is 154 Å². The van der Waals surface area contributed by atoms with E-state index in [-0.39, 0.29) is 18.1 Å². The molecule has 8 nitrogen and oxygen atoms in total. The number of aromatic nitrogens is 1. The number of rotatable bonds is 8. The van der Waals surface area contributed by atoms with Crippen LogP contribution in [0.5, 0.6) is 11.5 Å². The molecule has 240 valence electrons. The van der Waals surface area contributed by atoms with Crippen molar-refractivity contribution in [1.82, 2.24) is 4.57 Å². The number of halogens is 1. The first-order valence-electron chi connectivity index (χ1n) is 15.1. The normalized spacial score (nSPS) is 14.2. The van der Waals surface area contributed by atoms with E-state index in [2.05, 4.69) is 27.3 Å². The van der Waals surface area contributed by atoms with Crippen molar-refractivity contribution in [3.8, 4) is 17.6 Å². The van der Waals surface area contributed by atoms with E-state index in [4.69, 9.17) is 14.5 Å². The quantitative estimate of drug-likeness (QED) is 0.192. The van der Waals surface area contributed by atoms with Crippen LogP contribution in [-0.4, -0.2) is 17.6 Å². The van der Waals surface area contributed by atoms with Crippen molar-refractivity contribution in [3.63, 3.8) is 0 Å². The molecule has 4 aromatic carbocycles. The van der Waals surface area contributed by atoms with Crippen LogP contribution in [0.1, 0.15) is 46.3 Å². The third-order valence-corrected chi connectivity index (χ3v) is 9.71. The maximum Gasteiger partial charge on any atom is 0.271 e. The predicted octanol–water partition coefficient (Wildman–Crippen LogP) is 6.71. The second-order valence-electron chi connectivity index (χ2n) is 11.4. The number of thiazole rings is 1. The van der Waals surface area contributed by atoms with Gasteiger partial charge in [-0.05, 0) is 95.9 Å². The summed E-state index contributed by atoms with van der Waals surface area (Å²) in [5, 5.41) is 12.4. The molecule has 0 unspecified atom stereocenters. The van der Waals surface area contributed by atoms with E-state index in [0.717, 1.165) is 27.8 Å². The number of benzene rings is 4. The molecule has 0 spiro atoms. The van der Waals surface area contributed by atoms with Gasteiger partial charge >= 0.3 is 0 Å². The predicted molar refractivity (Wildman–Crippen MR) is 191 cm³/mol. The van der Waals surface area contributed by atoms with Gasteiger partial charge in [-0.1, -0.05) is 65.4 Å². The van der Waals surface area contributed by atoms with Crippen LogP contribution in [0.3, 0.4) is 0 Å². The number of ether oxygens (including phenoxy) is 2. The fourth-order valence-corrected chi connectivity index (χ4v) is 7.20. The first kappa shape index (κ1) is 32.7. The zero-order chi connectivity index (χ0) is 33.9. The van der Waals surface area contributed by atoms with Crippen LogP contribution in [0.2, 0.25) is 0 Å². The SMILES string of the molecule is COc1ccc([C@H]2C(C(=O)Nc3ccc(C)cc3C)=C(C)N=c3s/c(=C/c4ccc(OCc5ccccc5C#N)c(Br)c4)c(=O)n32)cc1. The Hall–Kier alpha value is -5.24. The number of amides is 1. The molecule has 10 heteroatoms. The molecule has 2 heterocycles. The summed E-state index contributed by atoms with van der Waals surface area (Å²) in [4.78, 5) is 33.4. The van der Waals surface area contributed by atoms with Crippen molar-refractivity contribution in [2.75, 3.05) is 12.4 Å². The lowest BCUT2D eigenvalue weighted by Gasteiger charge is -2.25. The van der Waals surface area contributed by atoms with Crippen LogP contribution in [0, 0.1) is 25.2 Å². The molecule has 0 saturated heterocycles. The number of hydrogen-bond acceptors (Lipinski definition) is 7. The Kier molecular flexibility index (Phi) is 9.44. The van der Waals surface area contributed by atoms with E-state index in [9.17, 15) is 14.9 Å². The zero-order valence-corrected chi connectivity index (χ0v) is 29.1. The van der Waals surface area contributed by atoms with Gasteiger partial charge in [0.2, 0.25) is 0 Å². The number of carbonyl (C=O) groups is 1. The molecule has 1 N–H and O–H groups in total. The van der Waals surface area contributed by atoms with E-state index in [0.29, 0.717) is 47.8 Å². The molecular weight excluding hydrogens is 688 g/mol. The lowest BCUT2D eigenvalue weighted by molar-refractivity contribution is -0.113. The standard InChI is InChI=1S/C38H31BrN4O4S/c1-22-9-15-31(23(2)17-22)42-36(44)34-24(3)41-38-43(35(34)26-11-13-29(46-4)14-12-26)37(45)33(48-38)19-25-10-16-32(30(39)18-25)47-21-28-8-6-5-7-27(28)20-40/h5-19,35H,21H2,1-4H3,(H,42,44)/b33-19+/t35-/m0/s1. The van der Waals surface area contributed by atoms with E-state index >= 15 is 0 Å². The highest BCUT2D eigenvalue weighted by molar-refractivity contribution is 9.10. The number of hydrogen-bond donors (Lipinski definition) is 1. The molecule has 1 amide bonds. The molecule has 1 aliphatic rings. The van der Waals surface area contributed by atoms with Gasteiger partial charge in [0.1, 0.15) is 18.1 Å². The minimum atomic E-state index is -0.709. The molecule has 0 aliphatic carbocycles. The molecule has 0 bridgehead atoms. The Labute approximate surface area is 290 Å². The summed E-state index contributed by atoms with van der Waals surface area (Å²) in [5.41, 5.74) is 6.29. The van der Waals surface area contributed by atoms with Gasteiger partial charge in [-0.3, -0.25) is 14.2 Å². The minimum Gasteiger partial charge on any atom is -0.497 e. The van der Waals surface area contributed by atoms with Crippen LogP contribution in [-0.2, 0) is 11.4 Å². The van der Waals surface area contributed by atoms with Crippen molar-refractivity contribution in [2.45, 2.75) is 33.4 Å². The number of anilines is 1. The summed E-state index contributed by atoms with van der Waals surface area (Å²) in [7, 11) is 1.59. The summed E-state index contributed by atoms with van der Waals surface area (Å²) in [6.45, 7) is 5.99. The van der Waals surface area contributed by atoms with Crippen LogP contribution < -0.4 is 29.7 Å². The highest BCUT2D eigenvalue weighted by Gasteiger charge is 2.32. The Balaban J connectivity index is 1.37. The average molecular weight is 720 g/mol. The number of nitrogens with one attached hydrogen (secondary N) is 1. The Morgan fingerprint density at radius 1 is 1.06 bits per heavy atom. The maximum absolute atomic E-state index is 14.2. The van der Waals surface area contributed by atoms with Gasteiger partial charge in [-0.2, -0.15) is 5.26 Å². The van der Waals surface area contributed by atoms with Gasteiger partial charge < -0.3 is 14.8 Å². The van der Waals surface area contributed by atoms with Crippen LogP contribution >= 0.6 is 27.3 Å². The lowest BCUT2D eigenvalue weighted by Crippen LogP contribution is -2.40. The molecule has 5 aromatic rings. The molecule has 1 atom stereocenters. The van der Waals surface area contributed by atoms with Crippen LogP contribution in [0.4, 0.5) is 5.69 Å². The first-order valence-corrected chi connectivity index (χ1v) is 16.7. The fraction of sp³-hybridized carbons (Fsp3) is 0.158.